The fourth-order valence-corrected chi connectivity index (χ4v) is 10.3. The molecule has 4 nitrogen and oxygen atoms in total. The number of ether oxygens (including phenoxy) is 2. The second-order valence-electron chi connectivity index (χ2n) is 11.0. The molecule has 226 valence electrons. The minimum absolute atomic E-state index is 0.379. The van der Waals surface area contributed by atoms with E-state index in [2.05, 4.69) is 104 Å². The molecule has 5 aromatic rings. The molecule has 0 fully saturated rings. The van der Waals surface area contributed by atoms with Crippen LogP contribution >= 0.6 is 7.26 Å². The highest BCUT2D eigenvalue weighted by atomic mass is 31.2. The fourth-order valence-electron chi connectivity index (χ4n) is 5.92. The maximum absolute atomic E-state index is 12.0. The van der Waals surface area contributed by atoms with Crippen LogP contribution < -0.4 is 25.4 Å². The van der Waals surface area contributed by atoms with E-state index in [1.165, 1.54) is 29.8 Å². The minimum atomic E-state index is -1.94. The van der Waals surface area contributed by atoms with Crippen LogP contribution in [0.2, 0.25) is 0 Å². The summed E-state index contributed by atoms with van der Waals surface area (Å²) in [5, 5.41) is 4.11. The Morgan fingerprint density at radius 1 is 0.667 bits per heavy atom. The van der Waals surface area contributed by atoms with Crippen LogP contribution in [0.3, 0.4) is 0 Å². The lowest BCUT2D eigenvalue weighted by Crippen LogP contribution is -2.33. The lowest BCUT2D eigenvalue weighted by atomic mass is 9.97. The number of hydrogen-bond donors (Lipinski definition) is 0. The Balaban J connectivity index is 1.51. The molecule has 0 saturated carbocycles. The van der Waals surface area contributed by atoms with Crippen molar-refractivity contribution >= 4 is 35.1 Å². The molecule has 0 spiro atoms. The van der Waals surface area contributed by atoms with E-state index in [1.807, 2.05) is 24.3 Å². The monoisotopic (exact) mass is 613 g/mol. The van der Waals surface area contributed by atoms with Crippen molar-refractivity contribution in [3.05, 3.63) is 151 Å². The van der Waals surface area contributed by atoms with Gasteiger partial charge in [0.15, 0.2) is 0 Å². The number of esters is 2. The highest BCUT2D eigenvalue weighted by Crippen LogP contribution is 2.56. The van der Waals surface area contributed by atoms with Crippen molar-refractivity contribution < 1.29 is 19.1 Å². The lowest BCUT2D eigenvalue weighted by molar-refractivity contribution is -0.132. The Bertz CT molecular complexity index is 1670. The number of benzene rings is 5. The molecular formula is C40H38O4P+. The van der Waals surface area contributed by atoms with E-state index in [-0.39, 0.29) is 11.9 Å². The molecule has 0 radical (unpaired) electrons. The molecule has 0 unspecified atom stereocenters. The summed E-state index contributed by atoms with van der Waals surface area (Å²) < 4.78 is 11.1. The topological polar surface area (TPSA) is 52.6 Å². The maximum atomic E-state index is 12.0. The van der Waals surface area contributed by atoms with Crippen molar-refractivity contribution in [2.45, 2.75) is 33.1 Å². The van der Waals surface area contributed by atoms with E-state index < -0.39 is 7.26 Å². The van der Waals surface area contributed by atoms with Gasteiger partial charge in [-0.15, -0.1) is 6.58 Å². The van der Waals surface area contributed by atoms with E-state index in [4.69, 9.17) is 9.47 Å². The normalized spacial score (nSPS) is 11.1. The Morgan fingerprint density at radius 3 is 1.69 bits per heavy atom. The Labute approximate surface area is 266 Å². The van der Waals surface area contributed by atoms with Crippen LogP contribution in [0.25, 0.3) is 11.1 Å². The molecule has 0 aromatic heterocycles. The first-order valence-corrected chi connectivity index (χ1v) is 17.2. The number of allylic oxidation sites excluding steroid dienone is 1. The van der Waals surface area contributed by atoms with Gasteiger partial charge in [0.2, 0.25) is 0 Å². The molecule has 5 heteroatoms. The zero-order valence-corrected chi connectivity index (χ0v) is 26.7. The molecule has 0 aliphatic rings. The first-order valence-electron chi connectivity index (χ1n) is 15.2. The van der Waals surface area contributed by atoms with Crippen LogP contribution in [0.5, 0.6) is 11.5 Å². The van der Waals surface area contributed by atoms with Gasteiger partial charge in [-0.1, -0.05) is 72.8 Å². The summed E-state index contributed by atoms with van der Waals surface area (Å²) in [6.07, 6.45) is 5.13. The highest BCUT2D eigenvalue weighted by molar-refractivity contribution is 7.95. The summed E-state index contributed by atoms with van der Waals surface area (Å²) in [5.41, 5.74) is 3.68. The van der Waals surface area contributed by atoms with E-state index in [0.29, 0.717) is 17.9 Å². The number of rotatable bonds is 12. The molecular weight excluding hydrogens is 575 g/mol. The van der Waals surface area contributed by atoms with Gasteiger partial charge in [-0.25, -0.2) is 0 Å². The molecule has 0 aliphatic carbocycles. The van der Waals surface area contributed by atoms with Crippen molar-refractivity contribution in [3.63, 3.8) is 0 Å². The van der Waals surface area contributed by atoms with Gasteiger partial charge in [-0.05, 0) is 96.6 Å². The third kappa shape index (κ3) is 7.48. The van der Waals surface area contributed by atoms with Gasteiger partial charge in [0.25, 0.3) is 0 Å². The van der Waals surface area contributed by atoms with Crippen molar-refractivity contribution in [2.24, 2.45) is 0 Å². The third-order valence-electron chi connectivity index (χ3n) is 7.84. The van der Waals surface area contributed by atoms with Gasteiger partial charge < -0.3 is 9.47 Å². The quantitative estimate of drug-likeness (QED) is 0.0622. The van der Waals surface area contributed by atoms with Crippen LogP contribution in [-0.4, -0.2) is 18.1 Å². The summed E-state index contributed by atoms with van der Waals surface area (Å²) in [6.45, 7) is 6.66. The molecule has 45 heavy (non-hydrogen) atoms. The molecule has 0 atom stereocenters. The predicted octanol–water partition coefficient (Wildman–Crippen LogP) is 7.86. The van der Waals surface area contributed by atoms with Crippen LogP contribution in [0.4, 0.5) is 0 Å². The number of aryl methyl sites for hydroxylation is 1. The number of hydrogen-bond acceptors (Lipinski definition) is 4. The largest absolute Gasteiger partial charge is 0.426 e. The van der Waals surface area contributed by atoms with Crippen molar-refractivity contribution in [1.82, 2.24) is 0 Å². The van der Waals surface area contributed by atoms with Crippen LogP contribution in [0.1, 0.15) is 31.4 Å². The van der Waals surface area contributed by atoms with E-state index >= 15 is 0 Å². The summed E-state index contributed by atoms with van der Waals surface area (Å²) in [5.74, 6) is 0.237. The van der Waals surface area contributed by atoms with Crippen molar-refractivity contribution in [3.8, 4) is 22.6 Å². The summed E-state index contributed by atoms with van der Waals surface area (Å²) >= 11 is 0. The fraction of sp³-hybridized carbons (Fsp3) is 0.150. The maximum Gasteiger partial charge on any atom is 0.308 e. The average molecular weight is 614 g/mol. The predicted molar refractivity (Wildman–Crippen MR) is 187 cm³/mol. The van der Waals surface area contributed by atoms with E-state index in [0.717, 1.165) is 41.3 Å². The number of carbonyl (C=O) groups is 2. The molecule has 0 bridgehead atoms. The van der Waals surface area contributed by atoms with E-state index in [9.17, 15) is 9.59 Å². The second-order valence-corrected chi connectivity index (χ2v) is 14.6. The molecule has 5 aromatic carbocycles. The van der Waals surface area contributed by atoms with Gasteiger partial charge in [0, 0.05) is 19.4 Å². The molecule has 0 saturated heterocycles. The molecule has 0 heterocycles. The third-order valence-corrected chi connectivity index (χ3v) is 12.4. The van der Waals surface area contributed by atoms with Crippen molar-refractivity contribution in [2.75, 3.05) is 6.16 Å². The van der Waals surface area contributed by atoms with Gasteiger partial charge in [0.05, 0.1) is 6.16 Å². The highest BCUT2D eigenvalue weighted by Gasteiger charge is 2.44. The summed E-state index contributed by atoms with van der Waals surface area (Å²) in [6, 6.07) is 44.5. The Hall–Kier alpha value is -4.79. The zero-order valence-electron chi connectivity index (χ0n) is 25.8. The second kappa shape index (κ2) is 14.8. The van der Waals surface area contributed by atoms with Gasteiger partial charge in [-0.2, -0.15) is 0 Å². The Morgan fingerprint density at radius 2 is 1.18 bits per heavy atom. The Kier molecular flexibility index (Phi) is 10.4. The average Bonchev–Trinajstić information content (AvgIpc) is 3.05. The van der Waals surface area contributed by atoms with Crippen LogP contribution in [0.15, 0.2) is 140 Å². The minimum Gasteiger partial charge on any atom is -0.426 e. The SMILES string of the molecule is C=CCc1cc(-c2cc(CCC[P+](c3ccccc3)(c3ccccc3)c3ccccc3)ccc2OC(C)=O)ccc1OC(C)=O. The summed E-state index contributed by atoms with van der Waals surface area (Å²) in [7, 11) is -1.94. The summed E-state index contributed by atoms with van der Waals surface area (Å²) in [4.78, 5) is 23.7. The lowest BCUT2D eigenvalue weighted by Gasteiger charge is -2.27. The van der Waals surface area contributed by atoms with E-state index in [1.54, 1.807) is 12.1 Å². The molecule has 0 aliphatic heterocycles. The molecule has 0 N–H and O–H groups in total. The zero-order chi connectivity index (χ0) is 31.6. The first-order chi connectivity index (χ1) is 21.9. The standard InChI is InChI=1S/C40H38O4P/c1-4-15-34-29-33(24-26-39(34)43-30(2)41)38-28-32(23-25-40(38)44-31(3)42)16-14-27-45(35-17-8-5-9-18-35,36-19-10-6-11-20-36)37-21-12-7-13-22-37/h4-13,17-26,28-29H,1,14-16,27H2,2-3H3/q+1. The number of carbonyl (C=O) groups excluding carboxylic acids is 2. The first kappa shape index (κ1) is 31.6. The van der Waals surface area contributed by atoms with Gasteiger partial charge in [-0.3, -0.25) is 9.59 Å². The van der Waals surface area contributed by atoms with Crippen LogP contribution in [-0.2, 0) is 22.4 Å². The van der Waals surface area contributed by atoms with Gasteiger partial charge >= 0.3 is 11.9 Å². The molecule has 0 amide bonds. The molecule has 5 rings (SSSR count). The van der Waals surface area contributed by atoms with Crippen LogP contribution in [0, 0.1) is 0 Å². The smallest absolute Gasteiger partial charge is 0.308 e. The van der Waals surface area contributed by atoms with Crippen molar-refractivity contribution in [1.29, 1.82) is 0 Å². The van der Waals surface area contributed by atoms with Gasteiger partial charge in [0.1, 0.15) is 34.7 Å².